The summed E-state index contributed by atoms with van der Waals surface area (Å²) in [5.74, 6) is 0.727. The summed E-state index contributed by atoms with van der Waals surface area (Å²) in [6.45, 7) is 5.73. The van der Waals surface area contributed by atoms with E-state index in [4.69, 9.17) is 11.6 Å². The molecule has 17 heavy (non-hydrogen) atoms. The number of hydrogen-bond acceptors (Lipinski definition) is 2. The highest BCUT2D eigenvalue weighted by Crippen LogP contribution is 2.23. The molecular weight excluding hydrogens is 241 g/mol. The third-order valence-electron chi connectivity index (χ3n) is 2.56. The van der Waals surface area contributed by atoms with Gasteiger partial charge >= 0.3 is 0 Å². The van der Waals surface area contributed by atoms with E-state index in [-0.39, 0.29) is 11.7 Å². The van der Waals surface area contributed by atoms with Gasteiger partial charge < -0.3 is 0 Å². The highest BCUT2D eigenvalue weighted by Gasteiger charge is 2.15. The van der Waals surface area contributed by atoms with Gasteiger partial charge in [-0.1, -0.05) is 13.8 Å². The molecule has 0 aliphatic carbocycles. The Morgan fingerprint density at radius 2 is 2.00 bits per heavy atom. The zero-order valence-electron chi connectivity index (χ0n) is 9.91. The second kappa shape index (κ2) is 4.45. The topological polar surface area (TPSA) is 30.7 Å². The summed E-state index contributed by atoms with van der Waals surface area (Å²) in [6.07, 6.45) is 0. The van der Waals surface area contributed by atoms with Crippen molar-refractivity contribution in [1.29, 1.82) is 0 Å². The molecule has 0 fully saturated rings. The van der Waals surface area contributed by atoms with Crippen LogP contribution in [0.25, 0.3) is 5.69 Å². The van der Waals surface area contributed by atoms with E-state index < -0.39 is 0 Å². The average molecular weight is 254 g/mol. The summed E-state index contributed by atoms with van der Waals surface area (Å²) < 4.78 is 15.0. The van der Waals surface area contributed by atoms with E-state index in [0.717, 1.165) is 11.5 Å². The molecule has 2 aromatic rings. The summed E-state index contributed by atoms with van der Waals surface area (Å²) in [5.41, 5.74) is 1.35. The Kier molecular flexibility index (Phi) is 3.15. The molecule has 0 N–H and O–H groups in total. The van der Waals surface area contributed by atoms with Gasteiger partial charge in [0.25, 0.3) is 0 Å². The first-order valence-corrected chi connectivity index (χ1v) is 5.76. The fourth-order valence-electron chi connectivity index (χ4n) is 1.66. The van der Waals surface area contributed by atoms with Crippen LogP contribution in [0.15, 0.2) is 18.2 Å². The Balaban J connectivity index is 2.59. The van der Waals surface area contributed by atoms with Gasteiger partial charge in [0.2, 0.25) is 5.28 Å². The number of benzene rings is 1. The molecule has 90 valence electrons. The van der Waals surface area contributed by atoms with Crippen LogP contribution < -0.4 is 0 Å². The molecule has 1 heterocycles. The van der Waals surface area contributed by atoms with Gasteiger partial charge in [-0.25, -0.2) is 4.39 Å². The molecule has 1 aromatic carbocycles. The molecule has 5 heteroatoms. The van der Waals surface area contributed by atoms with Gasteiger partial charge in [0.1, 0.15) is 11.6 Å². The maximum absolute atomic E-state index is 13.2. The van der Waals surface area contributed by atoms with Gasteiger partial charge in [0.15, 0.2) is 0 Å². The molecule has 0 saturated heterocycles. The number of aromatic nitrogens is 3. The van der Waals surface area contributed by atoms with Gasteiger partial charge in [-0.05, 0) is 42.3 Å². The number of rotatable bonds is 2. The van der Waals surface area contributed by atoms with Crippen LogP contribution in [0.5, 0.6) is 0 Å². The Bertz CT molecular complexity index is 549. The number of hydrogen-bond donors (Lipinski definition) is 0. The summed E-state index contributed by atoms with van der Waals surface area (Å²) in [7, 11) is 0. The minimum absolute atomic E-state index is 0.195. The maximum atomic E-state index is 13.2. The molecule has 0 bridgehead atoms. The first kappa shape index (κ1) is 12.0. The second-order valence-electron chi connectivity index (χ2n) is 4.25. The normalized spacial score (nSPS) is 11.2. The number of nitrogens with zero attached hydrogens (tertiary/aromatic N) is 3. The van der Waals surface area contributed by atoms with Crippen molar-refractivity contribution in [2.45, 2.75) is 26.7 Å². The smallest absolute Gasteiger partial charge is 0.229 e. The fraction of sp³-hybridized carbons (Fsp3) is 0.333. The van der Waals surface area contributed by atoms with Crippen molar-refractivity contribution in [2.75, 3.05) is 0 Å². The van der Waals surface area contributed by atoms with E-state index in [1.54, 1.807) is 23.6 Å². The minimum atomic E-state index is -0.232. The summed E-state index contributed by atoms with van der Waals surface area (Å²) in [4.78, 5) is 0. The van der Waals surface area contributed by atoms with Crippen LogP contribution in [0.1, 0.15) is 31.2 Å². The monoisotopic (exact) mass is 253 g/mol. The summed E-state index contributed by atoms with van der Waals surface area (Å²) in [5, 5.41) is 8.17. The van der Waals surface area contributed by atoms with E-state index in [1.165, 1.54) is 6.07 Å². The van der Waals surface area contributed by atoms with Crippen LogP contribution >= 0.6 is 11.6 Å². The molecule has 0 radical (unpaired) electrons. The van der Waals surface area contributed by atoms with E-state index >= 15 is 0 Å². The first-order chi connectivity index (χ1) is 8.00. The Morgan fingerprint density at radius 3 is 2.59 bits per heavy atom. The molecule has 2 rings (SSSR count). The van der Waals surface area contributed by atoms with E-state index in [2.05, 4.69) is 10.2 Å². The van der Waals surface area contributed by atoms with Crippen LogP contribution in [-0.4, -0.2) is 14.8 Å². The molecule has 0 aliphatic rings. The van der Waals surface area contributed by atoms with Gasteiger partial charge in [-0.15, -0.1) is 10.2 Å². The van der Waals surface area contributed by atoms with Crippen molar-refractivity contribution < 1.29 is 4.39 Å². The van der Waals surface area contributed by atoms with Crippen molar-refractivity contribution in [1.82, 2.24) is 14.8 Å². The Morgan fingerprint density at radius 1 is 1.29 bits per heavy atom. The van der Waals surface area contributed by atoms with Crippen molar-refractivity contribution in [2.24, 2.45) is 0 Å². The van der Waals surface area contributed by atoms with Crippen molar-refractivity contribution in [3.05, 3.63) is 40.7 Å². The molecule has 0 spiro atoms. The maximum Gasteiger partial charge on any atom is 0.229 e. The predicted octanol–water partition coefficient (Wildman–Crippen LogP) is 3.49. The van der Waals surface area contributed by atoms with Gasteiger partial charge in [0.05, 0.1) is 5.69 Å². The SMILES string of the molecule is Cc1cc(-n2c(Cl)nnc2C(C)C)ccc1F. The molecule has 0 aliphatic heterocycles. The lowest BCUT2D eigenvalue weighted by molar-refractivity contribution is 0.617. The highest BCUT2D eigenvalue weighted by molar-refractivity contribution is 6.28. The highest BCUT2D eigenvalue weighted by atomic mass is 35.5. The van der Waals surface area contributed by atoms with E-state index in [1.807, 2.05) is 13.8 Å². The Labute approximate surface area is 104 Å². The molecular formula is C12H13ClFN3. The van der Waals surface area contributed by atoms with Crippen molar-refractivity contribution in [3.63, 3.8) is 0 Å². The summed E-state index contributed by atoms with van der Waals surface area (Å²) in [6, 6.07) is 4.82. The predicted molar refractivity (Wildman–Crippen MR) is 65.2 cm³/mol. The molecule has 0 saturated carbocycles. The molecule has 0 atom stereocenters. The molecule has 3 nitrogen and oxygen atoms in total. The van der Waals surface area contributed by atoms with Crippen LogP contribution in [0.2, 0.25) is 5.28 Å². The molecule has 0 unspecified atom stereocenters. The van der Waals surface area contributed by atoms with E-state index in [0.29, 0.717) is 10.8 Å². The first-order valence-electron chi connectivity index (χ1n) is 5.38. The number of halogens is 2. The lowest BCUT2D eigenvalue weighted by atomic mass is 10.2. The third-order valence-corrected chi connectivity index (χ3v) is 2.81. The third kappa shape index (κ3) is 2.17. The number of aryl methyl sites for hydroxylation is 1. The van der Waals surface area contributed by atoms with Crippen molar-refractivity contribution in [3.8, 4) is 5.69 Å². The van der Waals surface area contributed by atoms with E-state index in [9.17, 15) is 4.39 Å². The van der Waals surface area contributed by atoms with Crippen LogP contribution in [-0.2, 0) is 0 Å². The quantitative estimate of drug-likeness (QED) is 0.820. The minimum Gasteiger partial charge on any atom is -0.270 e. The van der Waals surface area contributed by atoms with Crippen LogP contribution in [0.4, 0.5) is 4.39 Å². The van der Waals surface area contributed by atoms with Gasteiger partial charge in [0, 0.05) is 5.92 Å². The lowest BCUT2D eigenvalue weighted by Crippen LogP contribution is -2.04. The second-order valence-corrected chi connectivity index (χ2v) is 4.59. The fourth-order valence-corrected chi connectivity index (χ4v) is 1.88. The van der Waals surface area contributed by atoms with Gasteiger partial charge in [-0.3, -0.25) is 4.57 Å². The standard InChI is InChI=1S/C12H13ClFN3/c1-7(2)11-15-16-12(13)17(11)9-4-5-10(14)8(3)6-9/h4-7H,1-3H3. The van der Waals surface area contributed by atoms with Gasteiger partial charge in [-0.2, -0.15) is 0 Å². The largest absolute Gasteiger partial charge is 0.270 e. The van der Waals surface area contributed by atoms with Crippen LogP contribution in [0.3, 0.4) is 0 Å². The molecule has 0 amide bonds. The van der Waals surface area contributed by atoms with Crippen molar-refractivity contribution >= 4 is 11.6 Å². The zero-order chi connectivity index (χ0) is 12.6. The molecule has 1 aromatic heterocycles. The summed E-state index contributed by atoms with van der Waals surface area (Å²) >= 11 is 6.01. The average Bonchev–Trinajstić information content (AvgIpc) is 2.64. The Hall–Kier alpha value is -1.42. The lowest BCUT2D eigenvalue weighted by Gasteiger charge is -2.10. The van der Waals surface area contributed by atoms with Crippen LogP contribution in [0, 0.1) is 12.7 Å². The zero-order valence-corrected chi connectivity index (χ0v) is 10.7.